The van der Waals surface area contributed by atoms with Gasteiger partial charge in [0.05, 0.1) is 0 Å². The van der Waals surface area contributed by atoms with Gasteiger partial charge in [0.15, 0.2) is 0 Å². The summed E-state index contributed by atoms with van der Waals surface area (Å²) in [6, 6.07) is 0.740. The molecule has 0 saturated carbocycles. The molecule has 0 aromatic rings. The van der Waals surface area contributed by atoms with Crippen molar-refractivity contribution in [1.82, 2.24) is 10.2 Å². The first kappa shape index (κ1) is 15.0. The summed E-state index contributed by atoms with van der Waals surface area (Å²) in [4.78, 5) is 2.45. The van der Waals surface area contributed by atoms with E-state index in [4.69, 9.17) is 0 Å². The van der Waals surface area contributed by atoms with Crippen LogP contribution in [0.25, 0.3) is 0 Å². The van der Waals surface area contributed by atoms with Crippen molar-refractivity contribution in [2.75, 3.05) is 26.7 Å². The van der Waals surface area contributed by atoms with Crippen LogP contribution in [0.3, 0.4) is 0 Å². The molecule has 1 rings (SSSR count). The van der Waals surface area contributed by atoms with E-state index in [1.807, 2.05) is 0 Å². The number of nitrogens with one attached hydrogen (secondary N) is 1. The molecule has 0 amide bonds. The minimum Gasteiger partial charge on any atom is -0.314 e. The summed E-state index contributed by atoms with van der Waals surface area (Å²) >= 11 is 0. The average Bonchev–Trinajstić information content (AvgIpc) is 2.36. The van der Waals surface area contributed by atoms with E-state index in [-0.39, 0.29) is 0 Å². The van der Waals surface area contributed by atoms with Crippen molar-refractivity contribution in [2.45, 2.75) is 58.9 Å². The summed E-state index contributed by atoms with van der Waals surface area (Å²) in [5.41, 5.74) is 0. The van der Waals surface area contributed by atoms with E-state index >= 15 is 0 Å². The van der Waals surface area contributed by atoms with E-state index < -0.39 is 0 Å². The normalized spacial score (nSPS) is 22.6. The lowest BCUT2D eigenvalue weighted by Crippen LogP contribution is -2.39. The van der Waals surface area contributed by atoms with Crippen LogP contribution in [0, 0.1) is 11.8 Å². The molecule has 1 aliphatic heterocycles. The molecule has 0 bridgehead atoms. The molecule has 17 heavy (non-hydrogen) atoms. The molecule has 1 fully saturated rings. The minimum absolute atomic E-state index is 0.740. The number of likely N-dealkylation sites (tertiary alicyclic amines) is 1. The predicted molar refractivity (Wildman–Crippen MR) is 76.4 cm³/mol. The Kier molecular flexibility index (Phi) is 7.14. The second-order valence-electron chi connectivity index (χ2n) is 6.01. The first-order valence-corrected chi connectivity index (χ1v) is 7.57. The van der Waals surface area contributed by atoms with Gasteiger partial charge in [0, 0.05) is 6.04 Å². The van der Waals surface area contributed by atoms with Crippen molar-refractivity contribution in [2.24, 2.45) is 11.8 Å². The van der Waals surface area contributed by atoms with Crippen LogP contribution < -0.4 is 5.32 Å². The molecule has 2 heteroatoms. The van der Waals surface area contributed by atoms with Gasteiger partial charge in [-0.15, -0.1) is 0 Å². The lowest BCUT2D eigenvalue weighted by atomic mass is 9.94. The van der Waals surface area contributed by atoms with Crippen LogP contribution in [0.4, 0.5) is 0 Å². The monoisotopic (exact) mass is 240 g/mol. The summed E-state index contributed by atoms with van der Waals surface area (Å²) in [6.07, 6.45) is 6.69. The molecule has 2 nitrogen and oxygen atoms in total. The van der Waals surface area contributed by atoms with E-state index in [2.05, 4.69) is 38.0 Å². The van der Waals surface area contributed by atoms with E-state index in [1.165, 1.54) is 51.7 Å². The summed E-state index contributed by atoms with van der Waals surface area (Å²) in [7, 11) is 2.24. The molecule has 0 spiro atoms. The molecule has 1 N–H and O–H groups in total. The average molecular weight is 240 g/mol. The fraction of sp³-hybridized carbons (Fsp3) is 1.00. The summed E-state index contributed by atoms with van der Waals surface area (Å²) in [6.45, 7) is 10.8. The van der Waals surface area contributed by atoms with Gasteiger partial charge in [-0.25, -0.2) is 0 Å². The maximum absolute atomic E-state index is 3.80. The number of hydrogen-bond acceptors (Lipinski definition) is 2. The van der Waals surface area contributed by atoms with Crippen molar-refractivity contribution in [3.8, 4) is 0 Å². The van der Waals surface area contributed by atoms with Crippen LogP contribution in [0.2, 0.25) is 0 Å². The third kappa shape index (κ3) is 5.87. The summed E-state index contributed by atoms with van der Waals surface area (Å²) in [5.74, 6) is 1.78. The SMILES string of the molecule is CCC(C)CC(CC)NCC1CCN(C)CC1. The largest absolute Gasteiger partial charge is 0.314 e. The fourth-order valence-electron chi connectivity index (χ4n) is 2.65. The molecule has 1 saturated heterocycles. The number of nitrogens with zero attached hydrogens (tertiary/aromatic N) is 1. The second kappa shape index (κ2) is 8.10. The zero-order chi connectivity index (χ0) is 12.7. The van der Waals surface area contributed by atoms with E-state index in [0.717, 1.165) is 17.9 Å². The molecule has 0 aromatic heterocycles. The van der Waals surface area contributed by atoms with Crippen molar-refractivity contribution in [3.63, 3.8) is 0 Å². The van der Waals surface area contributed by atoms with Gasteiger partial charge >= 0.3 is 0 Å². The molecule has 1 heterocycles. The third-order valence-corrected chi connectivity index (χ3v) is 4.41. The number of piperidine rings is 1. The zero-order valence-corrected chi connectivity index (χ0v) is 12.3. The Labute approximate surface area is 108 Å². The Balaban J connectivity index is 2.18. The molecule has 0 aromatic carbocycles. The lowest BCUT2D eigenvalue weighted by molar-refractivity contribution is 0.209. The van der Waals surface area contributed by atoms with Crippen molar-refractivity contribution < 1.29 is 0 Å². The van der Waals surface area contributed by atoms with Crippen LogP contribution in [-0.2, 0) is 0 Å². The summed E-state index contributed by atoms with van der Waals surface area (Å²) < 4.78 is 0. The van der Waals surface area contributed by atoms with Gasteiger partial charge in [-0.2, -0.15) is 0 Å². The maximum Gasteiger partial charge on any atom is 0.00670 e. The van der Waals surface area contributed by atoms with Gasteiger partial charge in [-0.05, 0) is 64.2 Å². The van der Waals surface area contributed by atoms with Gasteiger partial charge in [0.1, 0.15) is 0 Å². The Morgan fingerprint density at radius 2 is 1.82 bits per heavy atom. The van der Waals surface area contributed by atoms with Crippen LogP contribution in [-0.4, -0.2) is 37.6 Å². The standard InChI is InChI=1S/C15H32N2/c1-5-13(3)11-15(6-2)16-12-14-7-9-17(4)10-8-14/h13-16H,5-12H2,1-4H3. The highest BCUT2D eigenvalue weighted by molar-refractivity contribution is 4.75. The molecular weight excluding hydrogens is 208 g/mol. The van der Waals surface area contributed by atoms with Gasteiger partial charge in [-0.1, -0.05) is 27.2 Å². The van der Waals surface area contributed by atoms with Crippen molar-refractivity contribution in [1.29, 1.82) is 0 Å². The highest BCUT2D eigenvalue weighted by Crippen LogP contribution is 2.17. The Bertz CT molecular complexity index is 185. The maximum atomic E-state index is 3.80. The van der Waals surface area contributed by atoms with Crippen LogP contribution >= 0.6 is 0 Å². The van der Waals surface area contributed by atoms with E-state index in [1.54, 1.807) is 0 Å². The third-order valence-electron chi connectivity index (χ3n) is 4.41. The van der Waals surface area contributed by atoms with E-state index in [0.29, 0.717) is 0 Å². The first-order chi connectivity index (χ1) is 8.15. The van der Waals surface area contributed by atoms with Gasteiger partial charge < -0.3 is 10.2 Å². The fourth-order valence-corrected chi connectivity index (χ4v) is 2.65. The molecular formula is C15H32N2. The van der Waals surface area contributed by atoms with Gasteiger partial charge in [-0.3, -0.25) is 0 Å². The van der Waals surface area contributed by atoms with Gasteiger partial charge in [0.25, 0.3) is 0 Å². The van der Waals surface area contributed by atoms with Crippen LogP contribution in [0.5, 0.6) is 0 Å². The van der Waals surface area contributed by atoms with Crippen LogP contribution in [0.1, 0.15) is 52.9 Å². The molecule has 0 radical (unpaired) electrons. The molecule has 102 valence electrons. The molecule has 2 unspecified atom stereocenters. The number of rotatable bonds is 7. The predicted octanol–water partition coefficient (Wildman–Crippen LogP) is 3.13. The lowest BCUT2D eigenvalue weighted by Gasteiger charge is -2.30. The highest BCUT2D eigenvalue weighted by atomic mass is 15.1. The summed E-state index contributed by atoms with van der Waals surface area (Å²) in [5, 5.41) is 3.80. The zero-order valence-electron chi connectivity index (χ0n) is 12.3. The topological polar surface area (TPSA) is 15.3 Å². The molecule has 2 atom stereocenters. The Morgan fingerprint density at radius 3 is 2.35 bits per heavy atom. The Hall–Kier alpha value is -0.0800. The van der Waals surface area contributed by atoms with Crippen molar-refractivity contribution in [3.05, 3.63) is 0 Å². The smallest absolute Gasteiger partial charge is 0.00670 e. The van der Waals surface area contributed by atoms with E-state index in [9.17, 15) is 0 Å². The quantitative estimate of drug-likeness (QED) is 0.735. The highest BCUT2D eigenvalue weighted by Gasteiger charge is 2.18. The van der Waals surface area contributed by atoms with Crippen molar-refractivity contribution >= 4 is 0 Å². The minimum atomic E-state index is 0.740. The molecule has 1 aliphatic rings. The first-order valence-electron chi connectivity index (χ1n) is 7.57. The second-order valence-corrected chi connectivity index (χ2v) is 6.01. The van der Waals surface area contributed by atoms with Gasteiger partial charge in [0.2, 0.25) is 0 Å². The Morgan fingerprint density at radius 1 is 1.18 bits per heavy atom. The van der Waals surface area contributed by atoms with Crippen LogP contribution in [0.15, 0.2) is 0 Å². The molecule has 0 aliphatic carbocycles. The number of hydrogen-bond donors (Lipinski definition) is 1.